The number of hydrogen-bond acceptors (Lipinski definition) is 4. The average molecular weight is 384 g/mol. The molecule has 28 heavy (non-hydrogen) atoms. The minimum atomic E-state index is -0.402. The molecule has 2 N–H and O–H groups in total. The fraction of sp³-hybridized carbons (Fsp3) is 0.286. The Bertz CT molecular complexity index is 865. The van der Waals surface area contributed by atoms with Crippen LogP contribution in [0, 0.1) is 11.7 Å². The second-order valence-corrected chi connectivity index (χ2v) is 6.73. The second-order valence-electron chi connectivity index (χ2n) is 6.73. The molecule has 2 aromatic rings. The van der Waals surface area contributed by atoms with Crippen LogP contribution in [-0.4, -0.2) is 42.2 Å². The molecule has 6 nitrogen and oxygen atoms in total. The Morgan fingerprint density at radius 1 is 1.04 bits per heavy atom. The third kappa shape index (κ3) is 4.73. The molecule has 7 heteroatoms. The Balaban J connectivity index is 1.55. The molecule has 0 radical (unpaired) electrons. The van der Waals surface area contributed by atoms with Crippen LogP contribution in [0.25, 0.3) is 0 Å². The van der Waals surface area contributed by atoms with Crippen molar-refractivity contribution in [1.82, 2.24) is 4.90 Å². The first-order valence-electron chi connectivity index (χ1n) is 9.04. The highest BCUT2D eigenvalue weighted by molar-refractivity contribution is 6.09. The van der Waals surface area contributed by atoms with E-state index in [0.29, 0.717) is 36.4 Å². The van der Waals surface area contributed by atoms with Crippen molar-refractivity contribution < 1.29 is 23.5 Å². The molecule has 1 heterocycles. The van der Waals surface area contributed by atoms with Crippen molar-refractivity contribution in [2.24, 2.45) is 11.7 Å². The van der Waals surface area contributed by atoms with Gasteiger partial charge < -0.3 is 15.4 Å². The lowest BCUT2D eigenvalue weighted by molar-refractivity contribution is -0.136. The van der Waals surface area contributed by atoms with Crippen LogP contribution >= 0.6 is 0 Å². The number of primary amides is 1. The largest absolute Gasteiger partial charge is 0.484 e. The van der Waals surface area contributed by atoms with Crippen molar-refractivity contribution in [2.45, 2.75) is 12.8 Å². The number of piperidine rings is 1. The van der Waals surface area contributed by atoms with E-state index in [0.717, 1.165) is 6.42 Å². The maximum atomic E-state index is 13.0. The van der Waals surface area contributed by atoms with Gasteiger partial charge in [-0.05, 0) is 61.4 Å². The normalized spacial score (nSPS) is 16.5. The molecular formula is C21H21FN2O4. The number of hydrogen-bond donors (Lipinski definition) is 1. The number of likely N-dealkylation sites (tertiary alicyclic amines) is 1. The van der Waals surface area contributed by atoms with Gasteiger partial charge in [-0.25, -0.2) is 4.39 Å². The van der Waals surface area contributed by atoms with Crippen LogP contribution in [0.3, 0.4) is 0 Å². The molecule has 0 bridgehead atoms. The Kier molecular flexibility index (Phi) is 6.03. The molecule has 3 rings (SSSR count). The summed E-state index contributed by atoms with van der Waals surface area (Å²) in [5, 5.41) is 0. The van der Waals surface area contributed by atoms with Crippen molar-refractivity contribution in [1.29, 1.82) is 0 Å². The van der Waals surface area contributed by atoms with Gasteiger partial charge in [-0.1, -0.05) is 0 Å². The first-order valence-corrected chi connectivity index (χ1v) is 9.04. The molecule has 1 saturated heterocycles. The Labute approximate surface area is 162 Å². The molecule has 146 valence electrons. The molecule has 0 spiro atoms. The lowest BCUT2D eigenvalue weighted by Gasteiger charge is -2.31. The summed E-state index contributed by atoms with van der Waals surface area (Å²) >= 11 is 0. The van der Waals surface area contributed by atoms with E-state index in [2.05, 4.69) is 0 Å². The number of carbonyl (C=O) groups excluding carboxylic acids is 3. The maximum absolute atomic E-state index is 13.0. The van der Waals surface area contributed by atoms with Crippen LogP contribution in [0.15, 0.2) is 48.5 Å². The van der Waals surface area contributed by atoms with Crippen LogP contribution in [0.2, 0.25) is 0 Å². The molecule has 1 aliphatic heterocycles. The molecule has 0 saturated carbocycles. The van der Waals surface area contributed by atoms with Gasteiger partial charge in [0.25, 0.3) is 5.91 Å². The van der Waals surface area contributed by atoms with Gasteiger partial charge in [0.2, 0.25) is 5.91 Å². The van der Waals surface area contributed by atoms with E-state index in [-0.39, 0.29) is 30.1 Å². The highest BCUT2D eigenvalue weighted by Crippen LogP contribution is 2.18. The van der Waals surface area contributed by atoms with Crippen molar-refractivity contribution in [3.8, 4) is 5.75 Å². The van der Waals surface area contributed by atoms with Crippen LogP contribution < -0.4 is 10.5 Å². The predicted octanol–water partition coefficient (Wildman–Crippen LogP) is 2.16. The predicted molar refractivity (Wildman–Crippen MR) is 100 cm³/mol. The number of halogens is 1. The fourth-order valence-electron chi connectivity index (χ4n) is 3.14. The van der Waals surface area contributed by atoms with E-state index in [1.807, 2.05) is 0 Å². The van der Waals surface area contributed by atoms with Crippen molar-refractivity contribution >= 4 is 17.6 Å². The fourth-order valence-corrected chi connectivity index (χ4v) is 3.14. The van der Waals surface area contributed by atoms with Gasteiger partial charge in [0.15, 0.2) is 12.4 Å². The number of rotatable bonds is 6. The standard InChI is InChI=1S/C21H21FN2O4/c22-17-7-3-14(4-8-17)20(26)15-5-9-18(10-6-15)28-13-19(25)24-11-1-2-16(12-24)21(23)27/h3-10,16H,1-2,11-13H2,(H2,23,27). The summed E-state index contributed by atoms with van der Waals surface area (Å²) in [6.45, 7) is 0.746. The minimum absolute atomic E-state index is 0.156. The Hall–Kier alpha value is -3.22. The third-order valence-electron chi connectivity index (χ3n) is 4.76. The summed E-state index contributed by atoms with van der Waals surface area (Å²) in [4.78, 5) is 37.6. The van der Waals surface area contributed by atoms with Crippen molar-refractivity contribution in [3.05, 3.63) is 65.5 Å². The van der Waals surface area contributed by atoms with E-state index in [9.17, 15) is 18.8 Å². The quantitative estimate of drug-likeness (QED) is 0.773. The first-order chi connectivity index (χ1) is 13.4. The molecule has 1 fully saturated rings. The lowest BCUT2D eigenvalue weighted by Crippen LogP contribution is -2.45. The number of nitrogens with zero attached hydrogens (tertiary/aromatic N) is 1. The Morgan fingerprint density at radius 3 is 2.25 bits per heavy atom. The first kappa shape index (κ1) is 19.5. The zero-order valence-corrected chi connectivity index (χ0v) is 15.3. The van der Waals surface area contributed by atoms with E-state index < -0.39 is 5.82 Å². The number of ketones is 1. The number of amides is 2. The molecule has 1 atom stereocenters. The maximum Gasteiger partial charge on any atom is 0.260 e. The summed E-state index contributed by atoms with van der Waals surface area (Å²) in [7, 11) is 0. The van der Waals surface area contributed by atoms with Crippen LogP contribution in [-0.2, 0) is 9.59 Å². The van der Waals surface area contributed by atoms with Crippen molar-refractivity contribution in [3.63, 3.8) is 0 Å². The molecular weight excluding hydrogens is 363 g/mol. The van der Waals surface area contributed by atoms with Gasteiger partial charge in [-0.15, -0.1) is 0 Å². The number of ether oxygens (including phenoxy) is 1. The summed E-state index contributed by atoms with van der Waals surface area (Å²) in [5.41, 5.74) is 6.15. The molecule has 2 aromatic carbocycles. The monoisotopic (exact) mass is 384 g/mol. The van der Waals surface area contributed by atoms with E-state index in [4.69, 9.17) is 10.5 Å². The molecule has 1 aliphatic rings. The van der Waals surface area contributed by atoms with Gasteiger partial charge in [-0.2, -0.15) is 0 Å². The van der Waals surface area contributed by atoms with Gasteiger partial charge >= 0.3 is 0 Å². The Morgan fingerprint density at radius 2 is 1.64 bits per heavy atom. The SMILES string of the molecule is NC(=O)C1CCCN(C(=O)COc2ccc(C(=O)c3ccc(F)cc3)cc2)C1. The smallest absolute Gasteiger partial charge is 0.260 e. The zero-order chi connectivity index (χ0) is 20.1. The summed E-state index contributed by atoms with van der Waals surface area (Å²) in [6, 6.07) is 11.7. The highest BCUT2D eigenvalue weighted by atomic mass is 19.1. The highest BCUT2D eigenvalue weighted by Gasteiger charge is 2.27. The van der Waals surface area contributed by atoms with E-state index >= 15 is 0 Å². The van der Waals surface area contributed by atoms with Crippen LogP contribution in [0.1, 0.15) is 28.8 Å². The second kappa shape index (κ2) is 8.65. The molecule has 0 aliphatic carbocycles. The average Bonchev–Trinajstić information content (AvgIpc) is 2.72. The number of nitrogens with two attached hydrogens (primary N) is 1. The van der Waals surface area contributed by atoms with E-state index in [1.165, 1.54) is 24.3 Å². The van der Waals surface area contributed by atoms with Crippen molar-refractivity contribution in [2.75, 3.05) is 19.7 Å². The van der Waals surface area contributed by atoms with Crippen LogP contribution in [0.5, 0.6) is 5.75 Å². The number of carbonyl (C=O) groups is 3. The minimum Gasteiger partial charge on any atom is -0.484 e. The zero-order valence-electron chi connectivity index (χ0n) is 15.3. The topological polar surface area (TPSA) is 89.7 Å². The van der Waals surface area contributed by atoms with Gasteiger partial charge in [-0.3, -0.25) is 14.4 Å². The summed E-state index contributed by atoms with van der Waals surface area (Å²) in [5.74, 6) is -1.09. The van der Waals surface area contributed by atoms with E-state index in [1.54, 1.807) is 29.2 Å². The summed E-state index contributed by atoms with van der Waals surface area (Å²) in [6.07, 6.45) is 1.43. The van der Waals surface area contributed by atoms with Gasteiger partial charge in [0, 0.05) is 24.2 Å². The lowest BCUT2D eigenvalue weighted by atomic mass is 9.97. The molecule has 0 aromatic heterocycles. The van der Waals surface area contributed by atoms with Gasteiger partial charge in [0.05, 0.1) is 5.92 Å². The number of benzene rings is 2. The molecule has 1 unspecified atom stereocenters. The van der Waals surface area contributed by atoms with Gasteiger partial charge in [0.1, 0.15) is 11.6 Å². The third-order valence-corrected chi connectivity index (χ3v) is 4.76. The summed E-state index contributed by atoms with van der Waals surface area (Å²) < 4.78 is 18.5. The van der Waals surface area contributed by atoms with Crippen LogP contribution in [0.4, 0.5) is 4.39 Å². The molecule has 2 amide bonds.